The topological polar surface area (TPSA) is 48.8 Å². The van der Waals surface area contributed by atoms with Crippen LogP contribution in [0.3, 0.4) is 0 Å². The average molecular weight is 515 g/mol. The summed E-state index contributed by atoms with van der Waals surface area (Å²) in [7, 11) is 0. The number of thioether (sulfide) groups is 2. The van der Waals surface area contributed by atoms with Crippen molar-refractivity contribution in [2.24, 2.45) is 4.99 Å². The van der Waals surface area contributed by atoms with E-state index in [9.17, 15) is 4.79 Å². The zero-order valence-electron chi connectivity index (χ0n) is 19.5. The predicted octanol–water partition coefficient (Wildman–Crippen LogP) is 7.48. The highest BCUT2D eigenvalue weighted by atomic mass is 32.2. The smallest absolute Gasteiger partial charge is 0.274 e. The van der Waals surface area contributed by atoms with Crippen LogP contribution < -0.4 is 9.80 Å². The van der Waals surface area contributed by atoms with Crippen molar-refractivity contribution in [2.75, 3.05) is 16.3 Å². The number of aryl methyl sites for hydroxylation is 2. The number of rotatable bonds is 3. The molecule has 1 fully saturated rings. The van der Waals surface area contributed by atoms with Crippen molar-refractivity contribution in [1.29, 1.82) is 0 Å². The van der Waals surface area contributed by atoms with Gasteiger partial charge in [-0.2, -0.15) is 0 Å². The molecule has 3 heterocycles. The van der Waals surface area contributed by atoms with Gasteiger partial charge in [0.25, 0.3) is 5.91 Å². The van der Waals surface area contributed by atoms with Gasteiger partial charge in [-0.1, -0.05) is 41.6 Å². The lowest BCUT2D eigenvalue weighted by Crippen LogP contribution is -2.29. The van der Waals surface area contributed by atoms with Crippen LogP contribution in [-0.2, 0) is 4.79 Å². The number of carbonyl (C=O) groups excluding carboxylic acids is 1. The maximum Gasteiger partial charge on any atom is 0.274 e. The molecular formula is C27H22N4OS3. The number of aliphatic imine (C=N–C) groups is 1. The monoisotopic (exact) mass is 514 g/mol. The maximum absolute atomic E-state index is 13.9. The minimum atomic E-state index is -0.0407. The molecule has 0 radical (unpaired) electrons. The standard InChI is InChI=1S/C27H22N4OS3/c1-4-30-21-7-5-6-8-22(21)34-26(30)24-25(32)31(19-12-9-16(2)10-13-19)27(35-24)29-18-11-14-20-23(15-18)33-17(3)28-20/h5-15H,4H2,1-3H3. The molecule has 0 saturated carbocycles. The lowest BCUT2D eigenvalue weighted by molar-refractivity contribution is -0.113. The Morgan fingerprint density at radius 1 is 0.971 bits per heavy atom. The lowest BCUT2D eigenvalue weighted by atomic mass is 10.2. The molecule has 0 unspecified atom stereocenters. The van der Waals surface area contributed by atoms with E-state index in [-0.39, 0.29) is 5.91 Å². The summed E-state index contributed by atoms with van der Waals surface area (Å²) < 4.78 is 1.10. The first kappa shape index (κ1) is 22.4. The summed E-state index contributed by atoms with van der Waals surface area (Å²) in [6.45, 7) is 6.96. The Hall–Kier alpha value is -3.07. The molecule has 4 aromatic rings. The Bertz CT molecular complexity index is 1540. The van der Waals surface area contributed by atoms with E-state index in [0.717, 1.165) is 49.4 Å². The molecule has 1 aromatic heterocycles. The quantitative estimate of drug-likeness (QED) is 0.265. The largest absolute Gasteiger partial charge is 0.334 e. The molecule has 1 amide bonds. The molecule has 0 bridgehead atoms. The molecule has 1 saturated heterocycles. The van der Waals surface area contributed by atoms with Gasteiger partial charge in [-0.3, -0.25) is 9.69 Å². The van der Waals surface area contributed by atoms with Crippen LogP contribution in [0.25, 0.3) is 10.2 Å². The highest BCUT2D eigenvalue weighted by molar-refractivity contribution is 8.20. The second-order valence-corrected chi connectivity index (χ2v) is 11.5. The molecule has 2 aliphatic rings. The van der Waals surface area contributed by atoms with Gasteiger partial charge in [0.05, 0.1) is 32.3 Å². The van der Waals surface area contributed by atoms with Crippen molar-refractivity contribution in [1.82, 2.24) is 4.98 Å². The number of aromatic nitrogens is 1. The van der Waals surface area contributed by atoms with Crippen LogP contribution in [0.1, 0.15) is 17.5 Å². The van der Waals surface area contributed by atoms with Gasteiger partial charge in [0.15, 0.2) is 5.17 Å². The van der Waals surface area contributed by atoms with Gasteiger partial charge in [-0.15, -0.1) is 11.3 Å². The van der Waals surface area contributed by atoms with Gasteiger partial charge in [0.2, 0.25) is 0 Å². The number of thiazole rings is 1. The Morgan fingerprint density at radius 3 is 2.57 bits per heavy atom. The Morgan fingerprint density at radius 2 is 1.77 bits per heavy atom. The summed E-state index contributed by atoms with van der Waals surface area (Å²) >= 11 is 4.76. The van der Waals surface area contributed by atoms with Gasteiger partial charge in [-0.05, 0) is 75.0 Å². The molecular weight excluding hydrogens is 493 g/mol. The van der Waals surface area contributed by atoms with Crippen LogP contribution in [0.5, 0.6) is 0 Å². The van der Waals surface area contributed by atoms with E-state index < -0.39 is 0 Å². The number of hydrogen-bond donors (Lipinski definition) is 0. The fourth-order valence-corrected chi connectivity index (χ4v) is 7.48. The van der Waals surface area contributed by atoms with Crippen LogP contribution >= 0.6 is 34.9 Å². The van der Waals surface area contributed by atoms with Crippen molar-refractivity contribution in [3.8, 4) is 0 Å². The number of fused-ring (bicyclic) bond motifs is 2. The molecule has 0 N–H and O–H groups in total. The first-order valence-electron chi connectivity index (χ1n) is 11.4. The number of anilines is 2. The fourth-order valence-electron chi connectivity index (χ4n) is 4.22. The Kier molecular flexibility index (Phi) is 5.67. The van der Waals surface area contributed by atoms with E-state index >= 15 is 0 Å². The predicted molar refractivity (Wildman–Crippen MR) is 150 cm³/mol. The van der Waals surface area contributed by atoms with Crippen molar-refractivity contribution >= 4 is 73.2 Å². The third-order valence-corrected chi connectivity index (χ3v) is 9.17. The molecule has 6 rings (SSSR count). The molecule has 35 heavy (non-hydrogen) atoms. The van der Waals surface area contributed by atoms with E-state index in [2.05, 4.69) is 35.0 Å². The van der Waals surface area contributed by atoms with Gasteiger partial charge >= 0.3 is 0 Å². The third kappa shape index (κ3) is 3.95. The van der Waals surface area contributed by atoms with E-state index in [0.29, 0.717) is 10.1 Å². The van der Waals surface area contributed by atoms with Gasteiger partial charge < -0.3 is 4.90 Å². The summed E-state index contributed by atoms with van der Waals surface area (Å²) in [5.41, 5.74) is 4.91. The number of amidine groups is 1. The van der Waals surface area contributed by atoms with Crippen LogP contribution in [-0.4, -0.2) is 22.6 Å². The summed E-state index contributed by atoms with van der Waals surface area (Å²) in [6, 6.07) is 22.4. The minimum absolute atomic E-state index is 0.0407. The number of hydrogen-bond acceptors (Lipinski definition) is 7. The number of carbonyl (C=O) groups is 1. The molecule has 5 nitrogen and oxygen atoms in total. The van der Waals surface area contributed by atoms with E-state index in [1.807, 2.05) is 62.4 Å². The summed E-state index contributed by atoms with van der Waals surface area (Å²) in [5, 5.41) is 2.66. The number of benzene rings is 3. The molecule has 0 aliphatic carbocycles. The van der Waals surface area contributed by atoms with Crippen molar-refractivity contribution < 1.29 is 4.79 Å². The Labute approximate surface area is 216 Å². The first-order valence-corrected chi connectivity index (χ1v) is 13.8. The van der Waals surface area contributed by atoms with E-state index in [4.69, 9.17) is 4.99 Å². The van der Waals surface area contributed by atoms with Gasteiger partial charge in [-0.25, -0.2) is 9.98 Å². The molecule has 0 spiro atoms. The second-order valence-electron chi connectivity index (χ2n) is 8.31. The molecule has 3 aromatic carbocycles. The summed E-state index contributed by atoms with van der Waals surface area (Å²) in [6.07, 6.45) is 0. The van der Waals surface area contributed by atoms with Crippen LogP contribution in [0.4, 0.5) is 17.1 Å². The van der Waals surface area contributed by atoms with Crippen molar-refractivity contribution in [3.63, 3.8) is 0 Å². The van der Waals surface area contributed by atoms with Crippen molar-refractivity contribution in [3.05, 3.63) is 87.2 Å². The second kappa shape index (κ2) is 8.86. The zero-order chi connectivity index (χ0) is 24.1. The first-order chi connectivity index (χ1) is 17.0. The highest BCUT2D eigenvalue weighted by Crippen LogP contribution is 2.51. The maximum atomic E-state index is 13.9. The van der Waals surface area contributed by atoms with Gasteiger partial charge in [0.1, 0.15) is 9.93 Å². The number of para-hydroxylation sites is 1. The fraction of sp³-hybridized carbons (Fsp3) is 0.148. The summed E-state index contributed by atoms with van der Waals surface area (Å²) in [5.74, 6) is -0.0407. The molecule has 2 aliphatic heterocycles. The zero-order valence-corrected chi connectivity index (χ0v) is 21.9. The van der Waals surface area contributed by atoms with Crippen molar-refractivity contribution in [2.45, 2.75) is 25.7 Å². The molecule has 0 atom stereocenters. The molecule has 8 heteroatoms. The number of nitrogens with zero attached hydrogens (tertiary/aromatic N) is 4. The van der Waals surface area contributed by atoms with Crippen LogP contribution in [0.15, 0.2) is 86.6 Å². The Balaban J connectivity index is 1.47. The van der Waals surface area contributed by atoms with E-state index in [1.54, 1.807) is 28.0 Å². The third-order valence-electron chi connectivity index (χ3n) is 5.90. The average Bonchev–Trinajstić information content (AvgIpc) is 3.51. The van der Waals surface area contributed by atoms with Crippen LogP contribution in [0, 0.1) is 13.8 Å². The summed E-state index contributed by atoms with van der Waals surface area (Å²) in [4.78, 5) is 29.3. The van der Waals surface area contributed by atoms with E-state index in [1.165, 1.54) is 16.7 Å². The van der Waals surface area contributed by atoms with Gasteiger partial charge in [0, 0.05) is 11.4 Å². The SMILES string of the molecule is CCN1C(=C2SC(=Nc3ccc4nc(C)sc4c3)N(c3ccc(C)cc3)C2=O)Sc2ccccc21. The normalized spacial score (nSPS) is 18.8. The molecule has 174 valence electrons. The van der Waals surface area contributed by atoms with Crippen LogP contribution in [0.2, 0.25) is 0 Å². The lowest BCUT2D eigenvalue weighted by Gasteiger charge is -2.19. The number of amides is 1. The highest BCUT2D eigenvalue weighted by Gasteiger charge is 2.40. The minimum Gasteiger partial charge on any atom is -0.334 e.